The Hall–Kier alpha value is -2.01. The number of carbonyl (C=O) groups is 1. The van der Waals surface area contributed by atoms with Crippen molar-refractivity contribution in [2.45, 2.75) is 31.7 Å². The van der Waals surface area contributed by atoms with Crippen LogP contribution in [0.3, 0.4) is 0 Å². The molecule has 2 atom stereocenters. The molecule has 0 amide bonds. The van der Waals surface area contributed by atoms with Crippen LogP contribution < -0.4 is 0 Å². The number of piperazine rings is 1. The summed E-state index contributed by atoms with van der Waals surface area (Å²) in [4.78, 5) is 15.7. The molecule has 2 aromatic rings. The van der Waals surface area contributed by atoms with Gasteiger partial charge >= 0.3 is 0 Å². The van der Waals surface area contributed by atoms with Gasteiger partial charge in [0.25, 0.3) is 0 Å². The van der Waals surface area contributed by atoms with Gasteiger partial charge in [0, 0.05) is 26.2 Å². The second-order valence-corrected chi connectivity index (χ2v) is 6.69. The molecule has 1 aliphatic heterocycles. The van der Waals surface area contributed by atoms with E-state index in [9.17, 15) is 9.90 Å². The van der Waals surface area contributed by atoms with Gasteiger partial charge in [0.2, 0.25) is 0 Å². The largest absolute Gasteiger partial charge is 0.377 e. The van der Waals surface area contributed by atoms with Crippen molar-refractivity contribution in [2.75, 3.05) is 19.6 Å². The number of hydrogen-bond donors (Lipinski definition) is 1. The normalized spacial score (nSPS) is 22.0. The van der Waals surface area contributed by atoms with Crippen molar-refractivity contribution in [3.8, 4) is 0 Å². The van der Waals surface area contributed by atoms with E-state index >= 15 is 0 Å². The van der Waals surface area contributed by atoms with Crippen LogP contribution in [-0.2, 0) is 17.8 Å². The smallest absolute Gasteiger partial charge is 0.138 e. The van der Waals surface area contributed by atoms with Gasteiger partial charge in [-0.25, -0.2) is 0 Å². The summed E-state index contributed by atoms with van der Waals surface area (Å²) < 4.78 is 0. The van der Waals surface area contributed by atoms with Crippen molar-refractivity contribution >= 4 is 6.29 Å². The fraction of sp³-hybridized carbons (Fsp3) is 0.381. The lowest BCUT2D eigenvalue weighted by Crippen LogP contribution is -2.59. The first-order valence-electron chi connectivity index (χ1n) is 8.95. The molecular formula is C21H26N2O2. The van der Waals surface area contributed by atoms with E-state index in [0.29, 0.717) is 13.1 Å². The Morgan fingerprint density at radius 2 is 1.60 bits per heavy atom. The Morgan fingerprint density at radius 3 is 2.24 bits per heavy atom. The molecule has 4 nitrogen and oxygen atoms in total. The fourth-order valence-electron chi connectivity index (χ4n) is 3.52. The molecule has 132 valence electrons. The standard InChI is InChI=1S/C21H26N2O2/c24-17-20-15-22(14-19-10-5-2-6-11-19)16-21(25)23(20)13-7-12-18-8-3-1-4-9-18/h1-6,8-11,17,20-21,25H,7,12-16H2. The SMILES string of the molecule is O=CC1CN(Cc2ccccc2)CC(O)N1CCCc1ccccc1. The molecule has 1 aliphatic rings. The van der Waals surface area contributed by atoms with Gasteiger partial charge in [-0.3, -0.25) is 9.80 Å². The van der Waals surface area contributed by atoms with E-state index in [2.05, 4.69) is 29.2 Å². The number of aliphatic hydroxyl groups is 1. The van der Waals surface area contributed by atoms with E-state index in [1.54, 1.807) is 0 Å². The van der Waals surface area contributed by atoms with Crippen molar-refractivity contribution in [2.24, 2.45) is 0 Å². The molecule has 25 heavy (non-hydrogen) atoms. The van der Waals surface area contributed by atoms with Crippen LogP contribution in [0.4, 0.5) is 0 Å². The number of nitrogens with zero attached hydrogens (tertiary/aromatic N) is 2. The zero-order valence-electron chi connectivity index (χ0n) is 14.5. The minimum Gasteiger partial charge on any atom is -0.377 e. The summed E-state index contributed by atoms with van der Waals surface area (Å²) >= 11 is 0. The van der Waals surface area contributed by atoms with Crippen molar-refractivity contribution < 1.29 is 9.90 Å². The highest BCUT2D eigenvalue weighted by atomic mass is 16.3. The molecule has 0 spiro atoms. The van der Waals surface area contributed by atoms with E-state index in [-0.39, 0.29) is 6.04 Å². The Morgan fingerprint density at radius 1 is 0.960 bits per heavy atom. The van der Waals surface area contributed by atoms with Crippen LogP contribution in [0.25, 0.3) is 0 Å². The predicted molar refractivity (Wildman–Crippen MR) is 99.0 cm³/mol. The maximum absolute atomic E-state index is 11.6. The van der Waals surface area contributed by atoms with Gasteiger partial charge in [-0.15, -0.1) is 0 Å². The number of benzene rings is 2. The average Bonchev–Trinajstić information content (AvgIpc) is 2.65. The van der Waals surface area contributed by atoms with Crippen LogP contribution in [0.5, 0.6) is 0 Å². The van der Waals surface area contributed by atoms with Crippen LogP contribution >= 0.6 is 0 Å². The first-order valence-corrected chi connectivity index (χ1v) is 8.95. The van der Waals surface area contributed by atoms with Crippen molar-refractivity contribution in [1.29, 1.82) is 0 Å². The van der Waals surface area contributed by atoms with E-state index < -0.39 is 6.23 Å². The summed E-state index contributed by atoms with van der Waals surface area (Å²) in [6.07, 6.45) is 2.28. The first-order chi connectivity index (χ1) is 12.3. The maximum Gasteiger partial charge on any atom is 0.138 e. The minimum atomic E-state index is -0.594. The van der Waals surface area contributed by atoms with E-state index in [1.807, 2.05) is 41.3 Å². The lowest BCUT2D eigenvalue weighted by atomic mass is 10.1. The summed E-state index contributed by atoms with van der Waals surface area (Å²) in [6.45, 7) is 2.74. The molecular weight excluding hydrogens is 312 g/mol. The molecule has 3 rings (SSSR count). The van der Waals surface area contributed by atoms with Crippen LogP contribution in [0.1, 0.15) is 17.5 Å². The Balaban J connectivity index is 1.54. The second-order valence-electron chi connectivity index (χ2n) is 6.69. The Kier molecular flexibility index (Phi) is 6.34. The number of aryl methyl sites for hydroxylation is 1. The molecule has 1 heterocycles. The lowest BCUT2D eigenvalue weighted by molar-refractivity contribution is -0.128. The van der Waals surface area contributed by atoms with Gasteiger partial charge in [-0.2, -0.15) is 0 Å². The number of hydrogen-bond acceptors (Lipinski definition) is 4. The van der Waals surface area contributed by atoms with Crippen molar-refractivity contribution in [3.05, 3.63) is 71.8 Å². The summed E-state index contributed by atoms with van der Waals surface area (Å²) in [6, 6.07) is 20.3. The zero-order valence-corrected chi connectivity index (χ0v) is 14.5. The van der Waals surface area contributed by atoms with Crippen LogP contribution in [0.15, 0.2) is 60.7 Å². The van der Waals surface area contributed by atoms with Gasteiger partial charge < -0.3 is 9.90 Å². The highest BCUT2D eigenvalue weighted by molar-refractivity contribution is 5.58. The summed E-state index contributed by atoms with van der Waals surface area (Å²) in [5.41, 5.74) is 2.50. The molecule has 1 N–H and O–H groups in total. The monoisotopic (exact) mass is 338 g/mol. The minimum absolute atomic E-state index is 0.247. The molecule has 0 aliphatic carbocycles. The molecule has 0 radical (unpaired) electrons. The molecule has 0 bridgehead atoms. The highest BCUT2D eigenvalue weighted by Crippen LogP contribution is 2.17. The van der Waals surface area contributed by atoms with Crippen LogP contribution in [-0.4, -0.2) is 53.1 Å². The zero-order chi connectivity index (χ0) is 17.5. The van der Waals surface area contributed by atoms with Gasteiger partial charge in [0.05, 0.1) is 6.04 Å². The molecule has 1 saturated heterocycles. The molecule has 2 unspecified atom stereocenters. The van der Waals surface area contributed by atoms with E-state index in [0.717, 1.165) is 32.2 Å². The van der Waals surface area contributed by atoms with E-state index in [4.69, 9.17) is 0 Å². The maximum atomic E-state index is 11.6. The molecule has 1 fully saturated rings. The van der Waals surface area contributed by atoms with Crippen LogP contribution in [0, 0.1) is 0 Å². The number of β-amino-alcohol motifs (C(OH)–C–C–N with tert-alkyl or cyclic N) is 1. The quantitative estimate of drug-likeness (QED) is 0.787. The highest BCUT2D eigenvalue weighted by Gasteiger charge is 2.32. The fourth-order valence-corrected chi connectivity index (χ4v) is 3.52. The summed E-state index contributed by atoms with van der Waals surface area (Å²) in [7, 11) is 0. The van der Waals surface area contributed by atoms with Gasteiger partial charge in [0.1, 0.15) is 12.5 Å². The second kappa shape index (κ2) is 8.90. The number of carbonyl (C=O) groups excluding carboxylic acids is 1. The molecule has 0 aromatic heterocycles. The first kappa shape index (κ1) is 17.8. The van der Waals surface area contributed by atoms with Gasteiger partial charge in [0.15, 0.2) is 0 Å². The third kappa shape index (κ3) is 4.98. The predicted octanol–water partition coefficient (Wildman–Crippen LogP) is 2.32. The number of aliphatic hydroxyl groups excluding tert-OH is 1. The third-order valence-corrected chi connectivity index (χ3v) is 4.81. The number of rotatable bonds is 7. The average molecular weight is 338 g/mol. The third-order valence-electron chi connectivity index (χ3n) is 4.81. The molecule has 0 saturated carbocycles. The van der Waals surface area contributed by atoms with E-state index in [1.165, 1.54) is 11.1 Å². The molecule has 4 heteroatoms. The number of aldehydes is 1. The van der Waals surface area contributed by atoms with Crippen LogP contribution in [0.2, 0.25) is 0 Å². The van der Waals surface area contributed by atoms with Gasteiger partial charge in [-0.1, -0.05) is 60.7 Å². The lowest BCUT2D eigenvalue weighted by Gasteiger charge is -2.42. The summed E-state index contributed by atoms with van der Waals surface area (Å²) in [5, 5.41) is 10.5. The molecule has 2 aromatic carbocycles. The topological polar surface area (TPSA) is 43.8 Å². The Bertz CT molecular complexity index is 647. The Labute approximate surface area is 149 Å². The van der Waals surface area contributed by atoms with Crippen molar-refractivity contribution in [1.82, 2.24) is 9.80 Å². The van der Waals surface area contributed by atoms with Gasteiger partial charge in [-0.05, 0) is 24.0 Å². The summed E-state index contributed by atoms with van der Waals surface area (Å²) in [5.74, 6) is 0. The van der Waals surface area contributed by atoms with Crippen molar-refractivity contribution in [3.63, 3.8) is 0 Å².